The summed E-state index contributed by atoms with van der Waals surface area (Å²) in [5.74, 6) is -2.90. The highest BCUT2D eigenvalue weighted by Crippen LogP contribution is 2.41. The first-order valence-corrected chi connectivity index (χ1v) is 15.8. The smallest absolute Gasteiger partial charge is 0.306 e. The van der Waals surface area contributed by atoms with E-state index in [1.165, 1.54) is 12.1 Å². The number of fused-ring (bicyclic) bond motifs is 2. The number of benzene rings is 3. The fourth-order valence-electron chi connectivity index (χ4n) is 5.94. The second-order valence-corrected chi connectivity index (χ2v) is 13.0. The van der Waals surface area contributed by atoms with Crippen molar-refractivity contribution >= 4 is 32.1 Å². The quantitative estimate of drug-likeness (QED) is 0.177. The summed E-state index contributed by atoms with van der Waals surface area (Å²) in [4.78, 5) is 5.06. The zero-order chi connectivity index (χ0) is 34.4. The van der Waals surface area contributed by atoms with E-state index in [4.69, 9.17) is 13.1 Å². The lowest BCUT2D eigenvalue weighted by Crippen LogP contribution is -2.36. The highest BCUT2D eigenvalue weighted by molar-refractivity contribution is 7.92. The minimum atomic E-state index is -6.33. The van der Waals surface area contributed by atoms with E-state index < -0.39 is 83.7 Å². The number of alkyl halides is 3. The van der Waals surface area contributed by atoms with Gasteiger partial charge >= 0.3 is 11.3 Å². The van der Waals surface area contributed by atoms with Crippen molar-refractivity contribution in [2.24, 2.45) is 0 Å². The second-order valence-electron chi connectivity index (χ2n) is 10.2. The van der Waals surface area contributed by atoms with Crippen molar-refractivity contribution in [1.29, 1.82) is 10.5 Å². The van der Waals surface area contributed by atoms with E-state index in [1.54, 1.807) is 12.1 Å². The molecule has 1 N–H and O–H groups in total. The number of halogens is 5. The maximum absolute atomic E-state index is 14.6. The third-order valence-electron chi connectivity index (χ3n) is 7.70. The zero-order valence-corrected chi connectivity index (χ0v) is 25.0. The van der Waals surface area contributed by atoms with E-state index >= 15 is 0 Å². The normalized spacial score (nSPS) is 14.4. The summed E-state index contributed by atoms with van der Waals surface area (Å²) < 4.78 is 121. The zero-order valence-electron chi connectivity index (χ0n) is 23.4. The van der Waals surface area contributed by atoms with Crippen molar-refractivity contribution < 1.29 is 39.1 Å². The molecule has 0 heterocycles. The van der Waals surface area contributed by atoms with Gasteiger partial charge < -0.3 is 4.55 Å². The third-order valence-corrected chi connectivity index (χ3v) is 9.83. The van der Waals surface area contributed by atoms with Crippen molar-refractivity contribution in [1.82, 2.24) is 0 Å². The fraction of sp³-hybridized carbons (Fsp3) is 0.125. The third kappa shape index (κ3) is 5.41. The summed E-state index contributed by atoms with van der Waals surface area (Å²) in [5.41, 5.74) is -8.29. The number of nitriles is 2. The molecule has 0 saturated heterocycles. The van der Waals surface area contributed by atoms with Gasteiger partial charge in [0.2, 0.25) is 0 Å². The average molecular weight is 679 g/mol. The molecular weight excluding hydrogens is 663 g/mol. The number of hydrogen-bond acceptors (Lipinski definition) is 5. The van der Waals surface area contributed by atoms with Crippen LogP contribution in [-0.4, -0.2) is 22.7 Å². The largest absolute Gasteiger partial charge is 0.523 e. The Morgan fingerprint density at radius 2 is 1.32 bits per heavy atom. The Bertz CT molecular complexity index is 2370. The standard InChI is InChI=1S/C32H15F5N4O4S2/c1-40-31(41-2)24-12-22-25(15-46(42)43)28-23(11-21(18(13-38)14-39)26(28)16-3-7-19(33)8-4-16)30(47(44,45)32(35,36)37)29(22)27(24)17-5-9-20(34)10-6-17/h3-10H,11-12,15H2,(H,42,43). The van der Waals surface area contributed by atoms with Crippen molar-refractivity contribution in [3.05, 3.63) is 144 Å². The Morgan fingerprint density at radius 3 is 1.74 bits per heavy atom. The number of nitrogens with zero attached hydrogens (tertiary/aromatic N) is 4. The maximum Gasteiger partial charge on any atom is 0.523 e. The van der Waals surface area contributed by atoms with Crippen molar-refractivity contribution in [2.45, 2.75) is 29.0 Å². The van der Waals surface area contributed by atoms with Crippen LogP contribution < -0.4 is 10.4 Å². The Balaban J connectivity index is 2.23. The number of hydrogen-bond donors (Lipinski definition) is 1. The van der Waals surface area contributed by atoms with Gasteiger partial charge in [0, 0.05) is 11.6 Å². The summed E-state index contributed by atoms with van der Waals surface area (Å²) >= 11 is -2.72. The van der Waals surface area contributed by atoms with E-state index in [9.17, 15) is 49.7 Å². The van der Waals surface area contributed by atoms with Crippen LogP contribution in [0.4, 0.5) is 22.0 Å². The van der Waals surface area contributed by atoms with Gasteiger partial charge in [-0.05, 0) is 80.4 Å². The van der Waals surface area contributed by atoms with Crippen LogP contribution in [0.25, 0.3) is 20.8 Å². The summed E-state index contributed by atoms with van der Waals surface area (Å²) in [6, 6.07) is 11.8. The Labute approximate surface area is 266 Å². The molecule has 1 atom stereocenters. The van der Waals surface area contributed by atoms with Crippen molar-refractivity contribution in [2.75, 3.05) is 0 Å². The molecule has 0 fully saturated rings. The highest BCUT2D eigenvalue weighted by atomic mass is 32.2. The minimum absolute atomic E-state index is 0.0502. The topological polar surface area (TPSA) is 128 Å². The predicted molar refractivity (Wildman–Crippen MR) is 157 cm³/mol. The summed E-state index contributed by atoms with van der Waals surface area (Å²) in [6.45, 7) is 15.1. The van der Waals surface area contributed by atoms with Crippen LogP contribution >= 0.6 is 0 Å². The second kappa shape index (κ2) is 12.1. The molecule has 1 unspecified atom stereocenters. The minimum Gasteiger partial charge on any atom is -0.306 e. The van der Waals surface area contributed by atoms with Crippen LogP contribution in [0.1, 0.15) is 27.8 Å². The summed E-state index contributed by atoms with van der Waals surface area (Å²) in [5, 5.41) is 18.7. The Hall–Kier alpha value is -5.45. The molecule has 0 saturated carbocycles. The van der Waals surface area contributed by atoms with Crippen LogP contribution in [0.2, 0.25) is 0 Å². The Kier molecular flexibility index (Phi) is 8.44. The Morgan fingerprint density at radius 1 is 0.851 bits per heavy atom. The lowest BCUT2D eigenvalue weighted by atomic mass is 9.94. The fourth-order valence-corrected chi connectivity index (χ4v) is 7.73. The van der Waals surface area contributed by atoms with Crippen LogP contribution in [0.3, 0.4) is 0 Å². The van der Waals surface area contributed by atoms with Gasteiger partial charge in [0.05, 0.1) is 16.2 Å². The highest BCUT2D eigenvalue weighted by Gasteiger charge is 2.51. The van der Waals surface area contributed by atoms with Gasteiger partial charge in [-0.2, -0.15) is 33.4 Å². The molecule has 0 spiro atoms. The summed E-state index contributed by atoms with van der Waals surface area (Å²) in [6.07, 6.45) is -1.28. The first kappa shape index (κ1) is 32.9. The molecule has 2 aliphatic rings. The van der Waals surface area contributed by atoms with Crippen LogP contribution in [0, 0.1) is 47.4 Å². The molecule has 8 nitrogen and oxygen atoms in total. The van der Waals surface area contributed by atoms with E-state index in [2.05, 4.69) is 9.69 Å². The molecule has 3 aromatic carbocycles. The molecule has 234 valence electrons. The van der Waals surface area contributed by atoms with E-state index in [-0.39, 0.29) is 49.8 Å². The molecule has 3 aromatic rings. The predicted octanol–water partition coefficient (Wildman–Crippen LogP) is 4.88. The molecule has 0 amide bonds. The first-order chi connectivity index (χ1) is 22.2. The molecular formula is C32H15F5N4O4S2. The van der Waals surface area contributed by atoms with Crippen LogP contribution in [0.5, 0.6) is 0 Å². The van der Waals surface area contributed by atoms with Gasteiger partial charge in [-0.3, -0.25) is 0 Å². The molecule has 47 heavy (non-hydrogen) atoms. The lowest BCUT2D eigenvalue weighted by molar-refractivity contribution is -0.0437. The lowest BCUT2D eigenvalue weighted by Gasteiger charge is -2.17. The number of rotatable bonds is 5. The molecule has 0 aliphatic heterocycles. The van der Waals surface area contributed by atoms with E-state index in [0.29, 0.717) is 0 Å². The number of sulfone groups is 1. The molecule has 15 heteroatoms. The molecule has 2 aliphatic carbocycles. The van der Waals surface area contributed by atoms with Gasteiger partial charge in [-0.1, -0.05) is 24.3 Å². The SMILES string of the molecule is [C-]#[N+]C([N+]#[C-])=C1Cc2c(CS(=O)O)c3c(c(S(=O)(=O)C(F)(F)F)c2=C1c1ccc(F)cc1)CC(=C(C#N)C#N)C=3c1ccc(F)cc1. The molecule has 5 rings (SSSR count). The van der Waals surface area contributed by atoms with Crippen LogP contribution in [-0.2, 0) is 39.5 Å². The van der Waals surface area contributed by atoms with Crippen molar-refractivity contribution in [3.63, 3.8) is 0 Å². The first-order valence-electron chi connectivity index (χ1n) is 13.1. The van der Waals surface area contributed by atoms with Crippen LogP contribution in [0.15, 0.2) is 76.0 Å². The van der Waals surface area contributed by atoms with E-state index in [1.807, 2.05) is 0 Å². The van der Waals surface area contributed by atoms with E-state index in [0.717, 1.165) is 36.4 Å². The van der Waals surface area contributed by atoms with Crippen molar-refractivity contribution in [3.8, 4) is 12.1 Å². The monoisotopic (exact) mass is 678 g/mol. The van der Waals surface area contributed by atoms with Gasteiger partial charge in [0.25, 0.3) is 9.84 Å². The van der Waals surface area contributed by atoms with Gasteiger partial charge in [-0.25, -0.2) is 21.4 Å². The molecule has 0 aromatic heterocycles. The number of allylic oxidation sites excluding steroid dienone is 3. The van der Waals surface area contributed by atoms with Gasteiger partial charge in [-0.15, -0.1) is 0 Å². The average Bonchev–Trinajstić information content (AvgIpc) is 3.58. The molecule has 0 radical (unpaired) electrons. The van der Waals surface area contributed by atoms with Gasteiger partial charge in [0.15, 0.2) is 11.1 Å². The maximum atomic E-state index is 14.6. The van der Waals surface area contributed by atoms with Gasteiger partial charge in [0.1, 0.15) is 42.5 Å². The summed E-state index contributed by atoms with van der Waals surface area (Å²) in [7, 11) is -6.33. The molecule has 0 bridgehead atoms.